The average Bonchev–Trinajstić information content (AvgIpc) is 3.29. The Hall–Kier alpha value is -2.19. The molecule has 6 nitrogen and oxygen atoms in total. The zero-order valence-electron chi connectivity index (χ0n) is 13.8. The Bertz CT molecular complexity index is 731. The summed E-state index contributed by atoms with van der Waals surface area (Å²) >= 11 is 1.58. The lowest BCUT2D eigenvalue weighted by Crippen LogP contribution is -2.24. The molecule has 1 aliphatic heterocycles. The first-order chi connectivity index (χ1) is 12.2. The molecular formula is C17H21FN4O2S. The quantitative estimate of drug-likeness (QED) is 0.787. The molecule has 0 radical (unpaired) electrons. The summed E-state index contributed by atoms with van der Waals surface area (Å²) in [7, 11) is 0. The van der Waals surface area contributed by atoms with E-state index in [2.05, 4.69) is 15.2 Å². The van der Waals surface area contributed by atoms with E-state index in [1.165, 1.54) is 25.0 Å². The van der Waals surface area contributed by atoms with E-state index >= 15 is 0 Å². The van der Waals surface area contributed by atoms with Gasteiger partial charge in [0.15, 0.2) is 5.13 Å². The number of nitrogens with one attached hydrogen (secondary N) is 1. The van der Waals surface area contributed by atoms with E-state index in [4.69, 9.17) is 10.5 Å². The number of ether oxygens (including phenoxy) is 1. The molecule has 0 spiro atoms. The molecule has 2 aromatic rings. The van der Waals surface area contributed by atoms with Crippen LogP contribution in [0.3, 0.4) is 0 Å². The predicted molar refractivity (Wildman–Crippen MR) is 95.7 cm³/mol. The zero-order valence-corrected chi connectivity index (χ0v) is 14.7. The Morgan fingerprint density at radius 2 is 2.20 bits per heavy atom. The number of rotatable bonds is 7. The number of hydrogen-bond donors (Lipinski definition) is 2. The van der Waals surface area contributed by atoms with Gasteiger partial charge in [-0.05, 0) is 31.0 Å². The number of amides is 1. The zero-order chi connectivity index (χ0) is 17.6. The van der Waals surface area contributed by atoms with Crippen molar-refractivity contribution in [2.24, 2.45) is 5.73 Å². The molecule has 134 valence electrons. The molecule has 1 fully saturated rings. The van der Waals surface area contributed by atoms with Gasteiger partial charge < -0.3 is 20.7 Å². The monoisotopic (exact) mass is 364 g/mol. The summed E-state index contributed by atoms with van der Waals surface area (Å²) in [6.07, 6.45) is 2.38. The number of thiazole rings is 1. The van der Waals surface area contributed by atoms with E-state index in [1.807, 2.05) is 5.38 Å². The molecule has 0 saturated carbocycles. The Labute approximate surface area is 149 Å². The van der Waals surface area contributed by atoms with Gasteiger partial charge in [0.2, 0.25) is 0 Å². The van der Waals surface area contributed by atoms with Crippen molar-refractivity contribution in [1.82, 2.24) is 10.3 Å². The number of nitrogens with zero attached hydrogens (tertiary/aromatic N) is 2. The van der Waals surface area contributed by atoms with Crippen molar-refractivity contribution in [3.8, 4) is 5.75 Å². The molecule has 1 aliphatic rings. The van der Waals surface area contributed by atoms with Gasteiger partial charge in [0, 0.05) is 25.0 Å². The van der Waals surface area contributed by atoms with Gasteiger partial charge in [-0.1, -0.05) is 0 Å². The molecule has 1 saturated heterocycles. The third-order valence-corrected chi connectivity index (χ3v) is 4.86. The molecule has 3 N–H and O–H groups in total. The van der Waals surface area contributed by atoms with E-state index < -0.39 is 11.7 Å². The standard InChI is InChI=1S/C17H21FN4O2S/c18-12-3-4-15(24-8-5-19)14(9-12)16(23)20-10-13-11-25-17(21-13)22-6-1-2-7-22/h3-4,9,11H,1-2,5-8,10,19H2,(H,20,23). The number of hydrogen-bond acceptors (Lipinski definition) is 6. The van der Waals surface area contributed by atoms with E-state index in [0.717, 1.165) is 30.0 Å². The first-order valence-electron chi connectivity index (χ1n) is 8.27. The van der Waals surface area contributed by atoms with E-state index in [1.54, 1.807) is 11.3 Å². The highest BCUT2D eigenvalue weighted by Gasteiger charge is 2.17. The number of carbonyl (C=O) groups excluding carboxylic acids is 1. The number of halogens is 1. The lowest BCUT2D eigenvalue weighted by atomic mass is 10.2. The lowest BCUT2D eigenvalue weighted by molar-refractivity contribution is 0.0946. The Kier molecular flexibility index (Phi) is 5.83. The van der Waals surface area contributed by atoms with Crippen LogP contribution in [0.15, 0.2) is 23.6 Å². The van der Waals surface area contributed by atoms with Crippen LogP contribution in [-0.4, -0.2) is 37.1 Å². The van der Waals surface area contributed by atoms with Crippen LogP contribution in [0.4, 0.5) is 9.52 Å². The summed E-state index contributed by atoms with van der Waals surface area (Å²) in [5.41, 5.74) is 6.36. The van der Waals surface area contributed by atoms with Crippen LogP contribution in [0.25, 0.3) is 0 Å². The van der Waals surface area contributed by atoms with Crippen LogP contribution in [0, 0.1) is 5.82 Å². The molecule has 1 aromatic carbocycles. The number of nitrogens with two attached hydrogens (primary N) is 1. The van der Waals surface area contributed by atoms with Crippen molar-refractivity contribution in [3.63, 3.8) is 0 Å². The third kappa shape index (κ3) is 4.46. The van der Waals surface area contributed by atoms with E-state index in [0.29, 0.717) is 12.3 Å². The van der Waals surface area contributed by atoms with Crippen LogP contribution in [0.1, 0.15) is 28.9 Å². The first-order valence-corrected chi connectivity index (χ1v) is 9.15. The highest BCUT2D eigenvalue weighted by atomic mass is 32.1. The normalized spacial score (nSPS) is 13.9. The SMILES string of the molecule is NCCOc1ccc(F)cc1C(=O)NCc1csc(N2CCCC2)n1. The highest BCUT2D eigenvalue weighted by Crippen LogP contribution is 2.24. The number of carbonyl (C=O) groups is 1. The second-order valence-electron chi connectivity index (χ2n) is 5.78. The Morgan fingerprint density at radius 1 is 1.40 bits per heavy atom. The van der Waals surface area contributed by atoms with Gasteiger partial charge in [-0.25, -0.2) is 9.37 Å². The van der Waals surface area contributed by atoms with Crippen LogP contribution in [0.2, 0.25) is 0 Å². The van der Waals surface area contributed by atoms with Crippen LogP contribution >= 0.6 is 11.3 Å². The molecule has 0 atom stereocenters. The maximum absolute atomic E-state index is 13.5. The number of aromatic nitrogens is 1. The Morgan fingerprint density at radius 3 is 2.96 bits per heavy atom. The molecular weight excluding hydrogens is 343 g/mol. The fourth-order valence-electron chi connectivity index (χ4n) is 2.67. The number of anilines is 1. The molecule has 2 heterocycles. The molecule has 8 heteroatoms. The maximum Gasteiger partial charge on any atom is 0.255 e. The average molecular weight is 364 g/mol. The van der Waals surface area contributed by atoms with Gasteiger partial charge in [0.25, 0.3) is 5.91 Å². The van der Waals surface area contributed by atoms with Crippen molar-refractivity contribution < 1.29 is 13.9 Å². The minimum atomic E-state index is -0.491. The van der Waals surface area contributed by atoms with Crippen molar-refractivity contribution in [2.75, 3.05) is 31.1 Å². The fraction of sp³-hybridized carbons (Fsp3) is 0.412. The van der Waals surface area contributed by atoms with Gasteiger partial charge in [0.1, 0.15) is 18.2 Å². The fourth-order valence-corrected chi connectivity index (χ4v) is 3.55. The Balaban J connectivity index is 1.63. The largest absolute Gasteiger partial charge is 0.491 e. The van der Waals surface area contributed by atoms with Gasteiger partial charge in [0.05, 0.1) is 17.8 Å². The van der Waals surface area contributed by atoms with Gasteiger partial charge >= 0.3 is 0 Å². The van der Waals surface area contributed by atoms with Crippen molar-refractivity contribution in [2.45, 2.75) is 19.4 Å². The summed E-state index contributed by atoms with van der Waals surface area (Å²) in [5.74, 6) is -0.571. The molecule has 25 heavy (non-hydrogen) atoms. The maximum atomic E-state index is 13.5. The lowest BCUT2D eigenvalue weighted by Gasteiger charge is -2.12. The number of benzene rings is 1. The molecule has 3 rings (SSSR count). The van der Waals surface area contributed by atoms with Crippen molar-refractivity contribution >= 4 is 22.4 Å². The summed E-state index contributed by atoms with van der Waals surface area (Å²) < 4.78 is 18.9. The van der Waals surface area contributed by atoms with Gasteiger partial charge in [-0.3, -0.25) is 4.79 Å². The summed E-state index contributed by atoms with van der Waals surface area (Å²) in [6.45, 7) is 2.93. The van der Waals surface area contributed by atoms with Gasteiger partial charge in [-0.15, -0.1) is 11.3 Å². The first kappa shape index (κ1) is 17.6. The molecule has 0 aliphatic carbocycles. The molecule has 0 bridgehead atoms. The van der Waals surface area contributed by atoms with Gasteiger partial charge in [-0.2, -0.15) is 0 Å². The third-order valence-electron chi connectivity index (χ3n) is 3.91. The highest BCUT2D eigenvalue weighted by molar-refractivity contribution is 7.13. The topological polar surface area (TPSA) is 80.5 Å². The predicted octanol–water partition coefficient (Wildman–Crippen LogP) is 2.15. The summed E-state index contributed by atoms with van der Waals surface area (Å²) in [4.78, 5) is 19.2. The van der Waals surface area contributed by atoms with Crippen molar-refractivity contribution in [3.05, 3.63) is 40.7 Å². The van der Waals surface area contributed by atoms with E-state index in [-0.39, 0.29) is 18.7 Å². The second-order valence-corrected chi connectivity index (χ2v) is 6.61. The molecule has 1 amide bonds. The molecule has 0 unspecified atom stereocenters. The van der Waals surface area contributed by atoms with Crippen LogP contribution < -0.4 is 20.7 Å². The second kappa shape index (κ2) is 8.26. The summed E-state index contributed by atoms with van der Waals surface area (Å²) in [6, 6.07) is 3.86. The van der Waals surface area contributed by atoms with Crippen molar-refractivity contribution in [1.29, 1.82) is 0 Å². The van der Waals surface area contributed by atoms with E-state index in [9.17, 15) is 9.18 Å². The smallest absolute Gasteiger partial charge is 0.255 e. The molecule has 1 aromatic heterocycles. The van der Waals surface area contributed by atoms with Crippen LogP contribution in [0.5, 0.6) is 5.75 Å². The summed E-state index contributed by atoms with van der Waals surface area (Å²) in [5, 5.41) is 5.69. The minimum absolute atomic E-state index is 0.156. The minimum Gasteiger partial charge on any atom is -0.491 e. The van der Waals surface area contributed by atoms with Crippen LogP contribution in [-0.2, 0) is 6.54 Å².